The Hall–Kier alpha value is -0.380. The van der Waals surface area contributed by atoms with Gasteiger partial charge in [0.2, 0.25) is 0 Å². The zero-order chi connectivity index (χ0) is 13.2. The fourth-order valence-corrected chi connectivity index (χ4v) is 3.75. The third-order valence-corrected chi connectivity index (χ3v) is 5.11. The van der Waals surface area contributed by atoms with E-state index >= 15 is 0 Å². The van der Waals surface area contributed by atoms with Crippen LogP contribution in [0.2, 0.25) is 0 Å². The van der Waals surface area contributed by atoms with Crippen LogP contribution in [-0.4, -0.2) is 12.2 Å². The van der Waals surface area contributed by atoms with Crippen LogP contribution >= 0.6 is 11.3 Å². The highest BCUT2D eigenvalue weighted by atomic mass is 32.1. The summed E-state index contributed by atoms with van der Waals surface area (Å²) in [5, 5.41) is 2.19. The molecule has 2 nitrogen and oxygen atoms in total. The van der Waals surface area contributed by atoms with Crippen LogP contribution in [-0.2, 0) is 4.74 Å². The van der Waals surface area contributed by atoms with E-state index in [2.05, 4.69) is 32.2 Å². The first-order chi connectivity index (χ1) is 8.57. The van der Waals surface area contributed by atoms with Crippen LogP contribution < -0.4 is 5.73 Å². The third-order valence-electron chi connectivity index (χ3n) is 4.23. The van der Waals surface area contributed by atoms with Crippen molar-refractivity contribution < 1.29 is 4.74 Å². The summed E-state index contributed by atoms with van der Waals surface area (Å²) in [7, 11) is 0. The van der Waals surface area contributed by atoms with Crippen molar-refractivity contribution in [1.82, 2.24) is 0 Å². The molecule has 1 aromatic heterocycles. The van der Waals surface area contributed by atoms with E-state index in [-0.39, 0.29) is 11.6 Å². The quantitative estimate of drug-likeness (QED) is 0.893. The summed E-state index contributed by atoms with van der Waals surface area (Å²) in [6.07, 6.45) is 4.66. The maximum absolute atomic E-state index is 6.53. The van der Waals surface area contributed by atoms with E-state index in [1.54, 1.807) is 11.3 Å². The minimum Gasteiger partial charge on any atom is -0.373 e. The Bertz CT molecular complexity index is 380. The normalized spacial score (nSPS) is 30.3. The second kappa shape index (κ2) is 5.72. The molecular weight excluding hydrogens is 242 g/mol. The molecule has 2 rings (SSSR count). The number of hydrogen-bond acceptors (Lipinski definition) is 3. The molecule has 0 aromatic carbocycles. The molecule has 0 aliphatic heterocycles. The Balaban J connectivity index is 2.18. The van der Waals surface area contributed by atoms with Crippen LogP contribution in [0.25, 0.3) is 0 Å². The molecule has 18 heavy (non-hydrogen) atoms. The van der Waals surface area contributed by atoms with Crippen molar-refractivity contribution in [3.63, 3.8) is 0 Å². The maximum Gasteiger partial charge on any atom is 0.0874 e. The standard InChI is InChI=1S/C15H25NOS/c1-4-17-15(7-5-11(2)6-8-15)14(16)13-9-12(3)18-10-13/h9-11,14H,4-8,16H2,1-3H3. The predicted octanol–water partition coefficient (Wildman–Crippen LogP) is 4.04. The SMILES string of the molecule is CCOC1(C(N)c2csc(C)c2)CCC(C)CC1. The second-order valence-corrected chi connectivity index (χ2v) is 6.76. The average molecular weight is 267 g/mol. The molecule has 1 heterocycles. The first kappa shape index (κ1) is 14.0. The van der Waals surface area contributed by atoms with Gasteiger partial charge in [-0.3, -0.25) is 0 Å². The van der Waals surface area contributed by atoms with Gasteiger partial charge in [0, 0.05) is 11.5 Å². The molecule has 1 fully saturated rings. The van der Waals surface area contributed by atoms with Gasteiger partial charge in [-0.1, -0.05) is 6.92 Å². The van der Waals surface area contributed by atoms with Crippen molar-refractivity contribution in [3.8, 4) is 0 Å². The van der Waals surface area contributed by atoms with Gasteiger partial charge in [-0.25, -0.2) is 0 Å². The highest BCUT2D eigenvalue weighted by molar-refractivity contribution is 7.10. The molecule has 1 saturated carbocycles. The fraction of sp³-hybridized carbons (Fsp3) is 0.733. The number of thiophene rings is 1. The molecule has 0 spiro atoms. The second-order valence-electron chi connectivity index (χ2n) is 5.65. The molecule has 1 atom stereocenters. The number of ether oxygens (including phenoxy) is 1. The Morgan fingerprint density at radius 2 is 2.17 bits per heavy atom. The summed E-state index contributed by atoms with van der Waals surface area (Å²) in [4.78, 5) is 1.33. The van der Waals surface area contributed by atoms with Gasteiger partial charge < -0.3 is 10.5 Å². The lowest BCUT2D eigenvalue weighted by Crippen LogP contribution is -2.46. The van der Waals surface area contributed by atoms with Crippen LogP contribution in [0.3, 0.4) is 0 Å². The van der Waals surface area contributed by atoms with Crippen molar-refractivity contribution in [2.45, 2.75) is 58.1 Å². The van der Waals surface area contributed by atoms with Crippen LogP contribution in [0.1, 0.15) is 56.0 Å². The summed E-state index contributed by atoms with van der Waals surface area (Å²) in [5.41, 5.74) is 7.65. The van der Waals surface area contributed by atoms with Crippen molar-refractivity contribution in [2.24, 2.45) is 11.7 Å². The van der Waals surface area contributed by atoms with E-state index in [9.17, 15) is 0 Å². The molecule has 2 N–H and O–H groups in total. The molecule has 1 aliphatic carbocycles. The van der Waals surface area contributed by atoms with Crippen molar-refractivity contribution in [3.05, 3.63) is 21.9 Å². The molecule has 1 aromatic rings. The third kappa shape index (κ3) is 2.79. The molecular formula is C15H25NOS. The van der Waals surface area contributed by atoms with Gasteiger partial charge in [-0.2, -0.15) is 0 Å². The van der Waals surface area contributed by atoms with Crippen LogP contribution in [0, 0.1) is 12.8 Å². The average Bonchev–Trinajstić information content (AvgIpc) is 2.78. The first-order valence-corrected chi connectivity index (χ1v) is 7.90. The Labute approximate surface area is 115 Å². The maximum atomic E-state index is 6.53. The highest BCUT2D eigenvalue weighted by Crippen LogP contribution is 2.42. The van der Waals surface area contributed by atoms with Gasteiger partial charge in [0.15, 0.2) is 0 Å². The van der Waals surface area contributed by atoms with Crippen molar-refractivity contribution in [1.29, 1.82) is 0 Å². The van der Waals surface area contributed by atoms with Gasteiger partial charge in [0.1, 0.15) is 0 Å². The molecule has 0 radical (unpaired) electrons. The largest absolute Gasteiger partial charge is 0.373 e. The smallest absolute Gasteiger partial charge is 0.0874 e. The van der Waals surface area contributed by atoms with Crippen LogP contribution in [0.4, 0.5) is 0 Å². The Morgan fingerprint density at radius 3 is 2.67 bits per heavy atom. The molecule has 0 amide bonds. The van der Waals surface area contributed by atoms with E-state index in [1.165, 1.54) is 23.3 Å². The monoisotopic (exact) mass is 267 g/mol. The number of rotatable bonds is 4. The summed E-state index contributed by atoms with van der Waals surface area (Å²) in [5.74, 6) is 0.815. The number of aryl methyl sites for hydroxylation is 1. The van der Waals surface area contributed by atoms with Gasteiger partial charge >= 0.3 is 0 Å². The first-order valence-electron chi connectivity index (χ1n) is 7.02. The lowest BCUT2D eigenvalue weighted by molar-refractivity contribution is -0.0896. The summed E-state index contributed by atoms with van der Waals surface area (Å²) >= 11 is 1.78. The van der Waals surface area contributed by atoms with Gasteiger partial charge in [-0.05, 0) is 62.5 Å². The Kier molecular flexibility index (Phi) is 4.46. The molecule has 1 unspecified atom stereocenters. The van der Waals surface area contributed by atoms with E-state index < -0.39 is 0 Å². The van der Waals surface area contributed by atoms with E-state index in [4.69, 9.17) is 10.5 Å². The number of hydrogen-bond donors (Lipinski definition) is 1. The molecule has 0 bridgehead atoms. The molecule has 3 heteroatoms. The van der Waals surface area contributed by atoms with Crippen molar-refractivity contribution >= 4 is 11.3 Å². The summed E-state index contributed by atoms with van der Waals surface area (Å²) < 4.78 is 6.12. The highest BCUT2D eigenvalue weighted by Gasteiger charge is 2.41. The molecule has 1 aliphatic rings. The summed E-state index contributed by atoms with van der Waals surface area (Å²) in [6, 6.07) is 2.24. The summed E-state index contributed by atoms with van der Waals surface area (Å²) in [6.45, 7) is 7.30. The zero-order valence-corrected chi connectivity index (χ0v) is 12.6. The topological polar surface area (TPSA) is 35.2 Å². The lowest BCUT2D eigenvalue weighted by Gasteiger charge is -2.43. The fourth-order valence-electron chi connectivity index (χ4n) is 3.01. The lowest BCUT2D eigenvalue weighted by atomic mass is 9.74. The van der Waals surface area contributed by atoms with Crippen LogP contribution in [0.15, 0.2) is 11.4 Å². The van der Waals surface area contributed by atoms with Crippen LogP contribution in [0.5, 0.6) is 0 Å². The Morgan fingerprint density at radius 1 is 1.50 bits per heavy atom. The van der Waals surface area contributed by atoms with Gasteiger partial charge in [0.25, 0.3) is 0 Å². The van der Waals surface area contributed by atoms with E-state index in [0.29, 0.717) is 0 Å². The molecule has 102 valence electrons. The van der Waals surface area contributed by atoms with E-state index in [1.807, 2.05) is 0 Å². The predicted molar refractivity (Wildman–Crippen MR) is 78.0 cm³/mol. The molecule has 0 saturated heterocycles. The van der Waals surface area contributed by atoms with Gasteiger partial charge in [0.05, 0.1) is 11.6 Å². The zero-order valence-electron chi connectivity index (χ0n) is 11.7. The van der Waals surface area contributed by atoms with E-state index in [0.717, 1.165) is 25.4 Å². The minimum absolute atomic E-state index is 0.0231. The van der Waals surface area contributed by atoms with Crippen molar-refractivity contribution in [2.75, 3.05) is 6.61 Å². The minimum atomic E-state index is -0.130. The number of nitrogens with two attached hydrogens (primary N) is 1. The van der Waals surface area contributed by atoms with Gasteiger partial charge in [-0.15, -0.1) is 11.3 Å².